The minimum absolute atomic E-state index is 0.00306. The zero-order valence-electron chi connectivity index (χ0n) is 11.5. The molecule has 0 N–H and O–H groups in total. The second-order valence-corrected chi connectivity index (χ2v) is 5.21. The fourth-order valence-corrected chi connectivity index (χ4v) is 2.73. The van der Waals surface area contributed by atoms with Gasteiger partial charge in [0.15, 0.2) is 5.52 Å². The van der Waals surface area contributed by atoms with Gasteiger partial charge in [-0.05, 0) is 25.0 Å². The highest BCUT2D eigenvalue weighted by Gasteiger charge is 2.22. The van der Waals surface area contributed by atoms with Crippen molar-refractivity contribution in [3.63, 3.8) is 0 Å². The van der Waals surface area contributed by atoms with E-state index >= 15 is 0 Å². The molecule has 22 heavy (non-hydrogen) atoms. The Morgan fingerprint density at radius 1 is 1.14 bits per heavy atom. The molecule has 0 fully saturated rings. The van der Waals surface area contributed by atoms with E-state index in [1.54, 1.807) is 4.57 Å². The number of rotatable bonds is 1. The fourth-order valence-electron chi connectivity index (χ4n) is 2.73. The highest BCUT2D eigenvalue weighted by molar-refractivity contribution is 5.72. The first kappa shape index (κ1) is 13.1. The van der Waals surface area contributed by atoms with E-state index in [0.29, 0.717) is 18.8 Å². The number of benzene rings is 1. The number of nitrogens with zero attached hydrogens (tertiary/aromatic N) is 3. The Morgan fingerprint density at radius 3 is 2.68 bits per heavy atom. The molecule has 0 unspecified atom stereocenters. The topological polar surface area (TPSA) is 60.9 Å². The number of fused-ring (bicyclic) bond motifs is 2. The Hall–Kier alpha value is -2.57. The second kappa shape index (κ2) is 4.72. The highest BCUT2D eigenvalue weighted by Crippen LogP contribution is 2.27. The van der Waals surface area contributed by atoms with Gasteiger partial charge in [-0.15, -0.1) is 0 Å². The Balaban J connectivity index is 1.99. The summed E-state index contributed by atoms with van der Waals surface area (Å²) in [4.78, 5) is 20.6. The molecule has 4 rings (SSSR count). The normalized spacial score (nSPS) is 14.3. The molecule has 0 saturated heterocycles. The summed E-state index contributed by atoms with van der Waals surface area (Å²) in [5.41, 5.74) is -0.687. The first-order chi connectivity index (χ1) is 10.6. The largest absolute Gasteiger partial charge is 0.417 e. The molecule has 1 aliphatic heterocycles. The van der Waals surface area contributed by atoms with Crippen LogP contribution in [0.3, 0.4) is 0 Å². The standard InChI is InChI=1S/C15H11F2N3O2/c16-8-4-3-5-9(17)11(8)13-19-12-14(22-13)18-10-6-1-2-7-20(10)15(12)21/h3-5H,1-2,6-7H2. The van der Waals surface area contributed by atoms with Crippen LogP contribution in [0.2, 0.25) is 0 Å². The molecule has 0 bridgehead atoms. The van der Waals surface area contributed by atoms with Crippen LogP contribution in [0.25, 0.3) is 22.7 Å². The Morgan fingerprint density at radius 2 is 1.91 bits per heavy atom. The average Bonchev–Trinajstić information content (AvgIpc) is 2.91. The molecule has 3 heterocycles. The van der Waals surface area contributed by atoms with Crippen LogP contribution in [-0.4, -0.2) is 14.5 Å². The highest BCUT2D eigenvalue weighted by atomic mass is 19.1. The van der Waals surface area contributed by atoms with Crippen LogP contribution in [0, 0.1) is 11.6 Å². The predicted octanol–water partition coefficient (Wildman–Crippen LogP) is 2.67. The van der Waals surface area contributed by atoms with Gasteiger partial charge < -0.3 is 4.42 Å². The van der Waals surface area contributed by atoms with Crippen molar-refractivity contribution in [2.75, 3.05) is 0 Å². The number of oxazole rings is 1. The first-order valence-corrected chi connectivity index (χ1v) is 7.00. The third-order valence-electron chi connectivity index (χ3n) is 3.81. The maximum atomic E-state index is 13.8. The molecule has 0 saturated carbocycles. The molecule has 112 valence electrons. The molecule has 0 amide bonds. The Bertz CT molecular complexity index is 926. The quantitative estimate of drug-likeness (QED) is 0.693. The van der Waals surface area contributed by atoms with E-state index in [1.807, 2.05) is 0 Å². The summed E-state index contributed by atoms with van der Waals surface area (Å²) in [6.07, 6.45) is 2.52. The van der Waals surface area contributed by atoms with Gasteiger partial charge in [0.1, 0.15) is 23.0 Å². The van der Waals surface area contributed by atoms with E-state index in [9.17, 15) is 13.6 Å². The number of aryl methyl sites for hydroxylation is 1. The molecule has 7 heteroatoms. The van der Waals surface area contributed by atoms with Crippen LogP contribution in [0.1, 0.15) is 18.7 Å². The zero-order chi connectivity index (χ0) is 15.3. The summed E-state index contributed by atoms with van der Waals surface area (Å²) >= 11 is 0. The lowest BCUT2D eigenvalue weighted by Gasteiger charge is -2.15. The van der Waals surface area contributed by atoms with Crippen LogP contribution in [0.4, 0.5) is 8.78 Å². The van der Waals surface area contributed by atoms with Gasteiger partial charge in [0.2, 0.25) is 5.89 Å². The number of halogens is 2. The molecular formula is C15H11F2N3O2. The summed E-state index contributed by atoms with van der Waals surface area (Å²) in [6, 6.07) is 3.47. The minimum atomic E-state index is -0.795. The number of hydrogen-bond donors (Lipinski definition) is 0. The van der Waals surface area contributed by atoms with E-state index in [0.717, 1.165) is 25.0 Å². The van der Waals surface area contributed by atoms with Crippen LogP contribution in [0.5, 0.6) is 0 Å². The van der Waals surface area contributed by atoms with Crippen LogP contribution in [-0.2, 0) is 13.0 Å². The molecule has 5 nitrogen and oxygen atoms in total. The van der Waals surface area contributed by atoms with Crippen molar-refractivity contribution in [3.05, 3.63) is 46.0 Å². The molecule has 2 aromatic heterocycles. The summed E-state index contributed by atoms with van der Waals surface area (Å²) in [5, 5.41) is 0. The van der Waals surface area contributed by atoms with Crippen molar-refractivity contribution in [2.45, 2.75) is 25.8 Å². The van der Waals surface area contributed by atoms with Gasteiger partial charge in [-0.3, -0.25) is 9.36 Å². The Labute approximate surface area is 123 Å². The van der Waals surface area contributed by atoms with Gasteiger partial charge in [0, 0.05) is 13.0 Å². The van der Waals surface area contributed by atoms with Crippen molar-refractivity contribution in [3.8, 4) is 11.5 Å². The summed E-state index contributed by atoms with van der Waals surface area (Å²) in [7, 11) is 0. The first-order valence-electron chi connectivity index (χ1n) is 7.00. The van der Waals surface area contributed by atoms with Gasteiger partial charge >= 0.3 is 0 Å². The van der Waals surface area contributed by atoms with Crippen molar-refractivity contribution in [2.24, 2.45) is 0 Å². The summed E-state index contributed by atoms with van der Waals surface area (Å²) in [6.45, 7) is 0.577. The smallest absolute Gasteiger partial charge is 0.283 e. The van der Waals surface area contributed by atoms with Crippen LogP contribution < -0.4 is 5.56 Å². The van der Waals surface area contributed by atoms with Gasteiger partial charge in [0.05, 0.1) is 0 Å². The molecule has 0 aliphatic carbocycles. The SMILES string of the molecule is O=c1c2nc(-c3c(F)cccc3F)oc2nc2n1CCCC2. The lowest BCUT2D eigenvalue weighted by Crippen LogP contribution is -2.28. The van der Waals surface area contributed by atoms with Crippen molar-refractivity contribution >= 4 is 11.2 Å². The van der Waals surface area contributed by atoms with E-state index in [1.165, 1.54) is 6.07 Å². The van der Waals surface area contributed by atoms with Gasteiger partial charge in [-0.1, -0.05) is 6.07 Å². The molecule has 1 aliphatic rings. The van der Waals surface area contributed by atoms with Gasteiger partial charge in [0.25, 0.3) is 11.3 Å². The van der Waals surface area contributed by atoms with E-state index in [2.05, 4.69) is 9.97 Å². The van der Waals surface area contributed by atoms with E-state index in [4.69, 9.17) is 4.42 Å². The van der Waals surface area contributed by atoms with Gasteiger partial charge in [-0.2, -0.15) is 4.98 Å². The third kappa shape index (κ3) is 1.85. The van der Waals surface area contributed by atoms with Crippen molar-refractivity contribution in [1.29, 1.82) is 0 Å². The lowest BCUT2D eigenvalue weighted by atomic mass is 10.1. The maximum Gasteiger partial charge on any atom is 0.283 e. The number of aromatic nitrogens is 3. The fraction of sp³-hybridized carbons (Fsp3) is 0.267. The number of hydrogen-bond acceptors (Lipinski definition) is 4. The molecule has 3 aromatic rings. The third-order valence-corrected chi connectivity index (χ3v) is 3.81. The molecular weight excluding hydrogens is 292 g/mol. The van der Waals surface area contributed by atoms with Crippen molar-refractivity contribution < 1.29 is 13.2 Å². The molecule has 0 spiro atoms. The van der Waals surface area contributed by atoms with E-state index in [-0.39, 0.29) is 28.2 Å². The molecule has 1 aromatic carbocycles. The monoisotopic (exact) mass is 303 g/mol. The van der Waals surface area contributed by atoms with Crippen LogP contribution >= 0.6 is 0 Å². The van der Waals surface area contributed by atoms with Crippen molar-refractivity contribution in [1.82, 2.24) is 14.5 Å². The molecule has 0 atom stereocenters. The molecule has 0 radical (unpaired) electrons. The zero-order valence-corrected chi connectivity index (χ0v) is 11.5. The minimum Gasteiger partial charge on any atom is -0.417 e. The summed E-state index contributed by atoms with van der Waals surface area (Å²) in [5.74, 6) is -1.23. The van der Waals surface area contributed by atoms with Gasteiger partial charge in [-0.25, -0.2) is 13.8 Å². The van der Waals surface area contributed by atoms with E-state index < -0.39 is 11.6 Å². The lowest BCUT2D eigenvalue weighted by molar-refractivity contribution is 0.494. The van der Waals surface area contributed by atoms with Crippen LogP contribution in [0.15, 0.2) is 27.4 Å². The Kier molecular flexibility index (Phi) is 2.82. The average molecular weight is 303 g/mol. The predicted molar refractivity (Wildman–Crippen MR) is 74.4 cm³/mol. The maximum absolute atomic E-state index is 13.8. The second-order valence-electron chi connectivity index (χ2n) is 5.21. The summed E-state index contributed by atoms with van der Waals surface area (Å²) < 4.78 is 34.5.